The third kappa shape index (κ3) is 1.93. The molecule has 0 saturated heterocycles. The summed E-state index contributed by atoms with van der Waals surface area (Å²) in [5.41, 5.74) is 7.89. The van der Waals surface area contributed by atoms with E-state index in [1.807, 2.05) is 19.9 Å². The Hall–Kier alpha value is -1.35. The van der Waals surface area contributed by atoms with Crippen molar-refractivity contribution in [3.63, 3.8) is 0 Å². The van der Waals surface area contributed by atoms with Gasteiger partial charge in [0, 0.05) is 6.04 Å². The minimum Gasteiger partial charge on any atom is -0.478 e. The summed E-state index contributed by atoms with van der Waals surface area (Å²) in [7, 11) is 0. The number of aromatic carboxylic acids is 1. The zero-order valence-corrected chi connectivity index (χ0v) is 8.45. The third-order valence-electron chi connectivity index (χ3n) is 2.37. The van der Waals surface area contributed by atoms with Crippen molar-refractivity contribution < 1.29 is 9.90 Å². The summed E-state index contributed by atoms with van der Waals surface area (Å²) in [5.74, 6) is -0.910. The Labute approximate surface area is 83.6 Å². The van der Waals surface area contributed by atoms with Gasteiger partial charge >= 0.3 is 5.97 Å². The van der Waals surface area contributed by atoms with Gasteiger partial charge in [0.05, 0.1) is 5.56 Å². The molecule has 0 bridgehead atoms. The Morgan fingerprint density at radius 3 is 2.71 bits per heavy atom. The first-order chi connectivity index (χ1) is 6.57. The molecule has 1 aromatic rings. The number of hydrogen-bond acceptors (Lipinski definition) is 2. The third-order valence-corrected chi connectivity index (χ3v) is 2.37. The maximum absolute atomic E-state index is 10.9. The highest BCUT2D eigenvalue weighted by atomic mass is 16.4. The van der Waals surface area contributed by atoms with E-state index in [-0.39, 0.29) is 6.04 Å². The molecule has 14 heavy (non-hydrogen) atoms. The molecule has 0 aromatic heterocycles. The van der Waals surface area contributed by atoms with Gasteiger partial charge in [-0.25, -0.2) is 4.79 Å². The van der Waals surface area contributed by atoms with Gasteiger partial charge in [-0.2, -0.15) is 0 Å². The Bertz CT molecular complexity index is 347. The molecule has 0 radical (unpaired) electrons. The summed E-state index contributed by atoms with van der Waals surface area (Å²) in [6, 6.07) is 5.03. The van der Waals surface area contributed by atoms with Gasteiger partial charge in [-0.1, -0.05) is 19.1 Å². The van der Waals surface area contributed by atoms with Gasteiger partial charge in [-0.15, -0.1) is 0 Å². The minimum absolute atomic E-state index is 0.192. The number of carboxylic acids is 1. The molecular formula is C11H15NO2. The van der Waals surface area contributed by atoms with E-state index in [0.29, 0.717) is 5.56 Å². The van der Waals surface area contributed by atoms with E-state index in [1.165, 1.54) is 0 Å². The van der Waals surface area contributed by atoms with Gasteiger partial charge < -0.3 is 10.8 Å². The van der Waals surface area contributed by atoms with E-state index in [4.69, 9.17) is 10.8 Å². The number of rotatable bonds is 3. The molecule has 0 heterocycles. The molecule has 0 aliphatic rings. The highest BCUT2D eigenvalue weighted by Crippen LogP contribution is 2.22. The van der Waals surface area contributed by atoms with Crippen LogP contribution in [0.3, 0.4) is 0 Å². The molecule has 0 spiro atoms. The molecule has 1 rings (SSSR count). The molecule has 3 nitrogen and oxygen atoms in total. The predicted molar refractivity (Wildman–Crippen MR) is 55.4 cm³/mol. The molecule has 0 fully saturated rings. The quantitative estimate of drug-likeness (QED) is 0.772. The topological polar surface area (TPSA) is 63.3 Å². The number of carboxylic acid groups (broad SMARTS) is 1. The Balaban J connectivity index is 3.29. The van der Waals surface area contributed by atoms with Crippen molar-refractivity contribution in [2.75, 3.05) is 0 Å². The van der Waals surface area contributed by atoms with Crippen molar-refractivity contribution in [1.82, 2.24) is 0 Å². The van der Waals surface area contributed by atoms with Crippen LogP contribution in [0.25, 0.3) is 0 Å². The van der Waals surface area contributed by atoms with Gasteiger partial charge in [0.15, 0.2) is 0 Å². The van der Waals surface area contributed by atoms with Crippen molar-refractivity contribution in [2.24, 2.45) is 5.73 Å². The lowest BCUT2D eigenvalue weighted by Crippen LogP contribution is -2.15. The number of aryl methyl sites for hydroxylation is 1. The fourth-order valence-electron chi connectivity index (χ4n) is 1.56. The number of benzene rings is 1. The average Bonchev–Trinajstić information content (AvgIpc) is 2.16. The van der Waals surface area contributed by atoms with Crippen LogP contribution in [0, 0.1) is 6.92 Å². The first-order valence-electron chi connectivity index (χ1n) is 4.66. The second-order valence-corrected chi connectivity index (χ2v) is 3.36. The minimum atomic E-state index is -0.910. The Morgan fingerprint density at radius 1 is 1.57 bits per heavy atom. The van der Waals surface area contributed by atoms with Crippen molar-refractivity contribution in [1.29, 1.82) is 0 Å². The molecule has 1 unspecified atom stereocenters. The van der Waals surface area contributed by atoms with Crippen LogP contribution in [0.2, 0.25) is 0 Å². The lowest BCUT2D eigenvalue weighted by atomic mass is 9.94. The fraction of sp³-hybridized carbons (Fsp3) is 0.364. The summed E-state index contributed by atoms with van der Waals surface area (Å²) in [6.45, 7) is 3.83. The Morgan fingerprint density at radius 2 is 2.21 bits per heavy atom. The van der Waals surface area contributed by atoms with Gasteiger partial charge in [-0.3, -0.25) is 0 Å². The first-order valence-corrected chi connectivity index (χ1v) is 4.66. The number of carbonyl (C=O) groups is 1. The van der Waals surface area contributed by atoms with Gasteiger partial charge in [0.25, 0.3) is 0 Å². The van der Waals surface area contributed by atoms with Crippen molar-refractivity contribution in [3.05, 3.63) is 34.9 Å². The SMILES string of the molecule is CCC(N)c1c(C)cccc1C(=O)O. The van der Waals surface area contributed by atoms with E-state index in [9.17, 15) is 4.79 Å². The Kier molecular flexibility index (Phi) is 3.25. The van der Waals surface area contributed by atoms with Crippen LogP contribution in [0.15, 0.2) is 18.2 Å². The fourth-order valence-corrected chi connectivity index (χ4v) is 1.56. The van der Waals surface area contributed by atoms with Crippen LogP contribution < -0.4 is 5.73 Å². The second kappa shape index (κ2) is 4.24. The molecule has 1 atom stereocenters. The van der Waals surface area contributed by atoms with E-state index in [0.717, 1.165) is 17.5 Å². The average molecular weight is 193 g/mol. The number of nitrogens with two attached hydrogens (primary N) is 1. The van der Waals surface area contributed by atoms with Crippen molar-refractivity contribution >= 4 is 5.97 Å². The molecule has 76 valence electrons. The molecule has 0 aliphatic carbocycles. The molecule has 0 saturated carbocycles. The van der Waals surface area contributed by atoms with Gasteiger partial charge in [0.2, 0.25) is 0 Å². The largest absolute Gasteiger partial charge is 0.478 e. The monoisotopic (exact) mass is 193 g/mol. The van der Waals surface area contributed by atoms with Gasteiger partial charge in [-0.05, 0) is 30.5 Å². The summed E-state index contributed by atoms with van der Waals surface area (Å²) in [6.07, 6.45) is 0.741. The second-order valence-electron chi connectivity index (χ2n) is 3.36. The van der Waals surface area contributed by atoms with Gasteiger partial charge in [0.1, 0.15) is 0 Å². The number of hydrogen-bond donors (Lipinski definition) is 2. The van der Waals surface area contributed by atoms with Crippen molar-refractivity contribution in [2.45, 2.75) is 26.3 Å². The lowest BCUT2D eigenvalue weighted by Gasteiger charge is -2.15. The summed E-state index contributed by atoms with van der Waals surface area (Å²) >= 11 is 0. The van der Waals surface area contributed by atoms with Crippen LogP contribution in [0.1, 0.15) is 40.9 Å². The van der Waals surface area contributed by atoms with Crippen LogP contribution in [0.5, 0.6) is 0 Å². The van der Waals surface area contributed by atoms with E-state index in [1.54, 1.807) is 12.1 Å². The highest BCUT2D eigenvalue weighted by Gasteiger charge is 2.16. The maximum Gasteiger partial charge on any atom is 0.336 e. The lowest BCUT2D eigenvalue weighted by molar-refractivity contribution is 0.0695. The molecule has 3 heteroatoms. The van der Waals surface area contributed by atoms with E-state index < -0.39 is 5.97 Å². The maximum atomic E-state index is 10.9. The van der Waals surface area contributed by atoms with Crippen LogP contribution >= 0.6 is 0 Å². The molecule has 0 aliphatic heterocycles. The standard InChI is InChI=1S/C11H15NO2/c1-3-9(12)10-7(2)5-4-6-8(10)11(13)14/h4-6,9H,3,12H2,1-2H3,(H,13,14). The van der Waals surface area contributed by atoms with Crippen LogP contribution in [-0.2, 0) is 0 Å². The molecular weight excluding hydrogens is 178 g/mol. The summed E-state index contributed by atoms with van der Waals surface area (Å²) < 4.78 is 0. The smallest absolute Gasteiger partial charge is 0.336 e. The predicted octanol–water partition coefficient (Wildman–Crippen LogP) is 2.10. The van der Waals surface area contributed by atoms with Crippen LogP contribution in [0.4, 0.5) is 0 Å². The van der Waals surface area contributed by atoms with Crippen molar-refractivity contribution in [3.8, 4) is 0 Å². The highest BCUT2D eigenvalue weighted by molar-refractivity contribution is 5.90. The first kappa shape index (κ1) is 10.7. The van der Waals surface area contributed by atoms with E-state index in [2.05, 4.69) is 0 Å². The van der Waals surface area contributed by atoms with Crippen LogP contribution in [-0.4, -0.2) is 11.1 Å². The molecule has 0 amide bonds. The normalized spacial score (nSPS) is 12.5. The molecule has 1 aromatic carbocycles. The zero-order valence-electron chi connectivity index (χ0n) is 8.45. The summed E-state index contributed by atoms with van der Waals surface area (Å²) in [5, 5.41) is 8.98. The zero-order chi connectivity index (χ0) is 10.7. The van der Waals surface area contributed by atoms with E-state index >= 15 is 0 Å². The summed E-state index contributed by atoms with van der Waals surface area (Å²) in [4.78, 5) is 10.9. The molecule has 3 N–H and O–H groups in total.